The normalized spacial score (nSPS) is 12.5. The van der Waals surface area contributed by atoms with Crippen LogP contribution in [0.15, 0.2) is 47.8 Å². The Hall–Kier alpha value is -1.12. The van der Waals surface area contributed by atoms with Crippen molar-refractivity contribution in [1.82, 2.24) is 0 Å². The Balaban J connectivity index is 1.62. The van der Waals surface area contributed by atoms with Gasteiger partial charge in [-0.3, -0.25) is 0 Å². The van der Waals surface area contributed by atoms with Crippen molar-refractivity contribution in [1.29, 1.82) is 0 Å². The van der Waals surface area contributed by atoms with Crippen molar-refractivity contribution in [3.8, 4) is 0 Å². The number of thiophene rings is 1. The lowest BCUT2D eigenvalue weighted by Crippen LogP contribution is -2.20. The zero-order valence-electron chi connectivity index (χ0n) is 10.7. The lowest BCUT2D eigenvalue weighted by Gasteiger charge is -2.11. The van der Waals surface area contributed by atoms with Gasteiger partial charge in [0.2, 0.25) is 0 Å². The lowest BCUT2D eigenvalue weighted by atomic mass is 10.0. The van der Waals surface area contributed by atoms with Crippen LogP contribution in [0.2, 0.25) is 0 Å². The van der Waals surface area contributed by atoms with Crippen molar-refractivity contribution in [2.75, 3.05) is 0 Å². The maximum absolute atomic E-state index is 6.16. The third-order valence-electron chi connectivity index (χ3n) is 3.22. The molecule has 0 saturated heterocycles. The summed E-state index contributed by atoms with van der Waals surface area (Å²) in [5.74, 6) is 0. The van der Waals surface area contributed by atoms with Crippen LogP contribution in [0.5, 0.6) is 0 Å². The van der Waals surface area contributed by atoms with Crippen LogP contribution in [-0.2, 0) is 12.8 Å². The Morgan fingerprint density at radius 2 is 1.78 bits per heavy atom. The van der Waals surface area contributed by atoms with Gasteiger partial charge in [-0.05, 0) is 49.1 Å². The summed E-state index contributed by atoms with van der Waals surface area (Å²) in [5, 5.41) is 2.14. The summed E-state index contributed by atoms with van der Waals surface area (Å²) >= 11 is 1.84. The fourth-order valence-electron chi connectivity index (χ4n) is 2.13. The van der Waals surface area contributed by atoms with E-state index >= 15 is 0 Å². The minimum atomic E-state index is 0.338. The number of nitrogens with two attached hydrogens (primary N) is 1. The van der Waals surface area contributed by atoms with Crippen LogP contribution in [-0.4, -0.2) is 6.04 Å². The fourth-order valence-corrected chi connectivity index (χ4v) is 2.89. The van der Waals surface area contributed by atoms with Gasteiger partial charge in [-0.2, -0.15) is 0 Å². The van der Waals surface area contributed by atoms with E-state index < -0.39 is 0 Å². The molecule has 0 radical (unpaired) electrons. The highest BCUT2D eigenvalue weighted by atomic mass is 32.1. The molecule has 0 spiro atoms. The predicted octanol–water partition coefficient (Wildman–Crippen LogP) is 4.03. The first-order valence-corrected chi connectivity index (χ1v) is 7.54. The fraction of sp³-hybridized carbons (Fsp3) is 0.375. The molecule has 0 aliphatic carbocycles. The zero-order valence-corrected chi connectivity index (χ0v) is 11.5. The highest BCUT2D eigenvalue weighted by Gasteiger charge is 2.03. The molecule has 0 bridgehead atoms. The summed E-state index contributed by atoms with van der Waals surface area (Å²) < 4.78 is 0. The van der Waals surface area contributed by atoms with Crippen LogP contribution >= 0.6 is 11.3 Å². The maximum Gasteiger partial charge on any atom is 0.00452 e. The van der Waals surface area contributed by atoms with E-state index in [-0.39, 0.29) is 0 Å². The number of rotatable bonds is 7. The van der Waals surface area contributed by atoms with Crippen molar-refractivity contribution in [2.45, 2.75) is 38.1 Å². The average Bonchev–Trinajstić information content (AvgIpc) is 2.91. The molecule has 2 aromatic rings. The van der Waals surface area contributed by atoms with Crippen LogP contribution in [0.4, 0.5) is 0 Å². The van der Waals surface area contributed by atoms with Crippen LogP contribution in [0.25, 0.3) is 0 Å². The standard InChI is InChI=1S/C16H21NS/c17-15(8-4-9-16-10-5-13-18-16)12-11-14-6-2-1-3-7-14/h1-3,5-7,10,13,15H,4,8-9,11-12,17H2. The van der Waals surface area contributed by atoms with E-state index in [1.165, 1.54) is 23.3 Å². The average molecular weight is 259 g/mol. The summed E-state index contributed by atoms with van der Waals surface area (Å²) in [6.07, 6.45) is 5.70. The minimum absolute atomic E-state index is 0.338. The summed E-state index contributed by atoms with van der Waals surface area (Å²) in [6.45, 7) is 0. The van der Waals surface area contributed by atoms with Crippen LogP contribution < -0.4 is 5.73 Å². The molecule has 0 aliphatic rings. The Labute approximate surface area is 114 Å². The molecule has 2 rings (SSSR count). The van der Waals surface area contributed by atoms with Gasteiger partial charge >= 0.3 is 0 Å². The third kappa shape index (κ3) is 4.63. The molecule has 2 N–H and O–H groups in total. The molecule has 0 aliphatic heterocycles. The smallest absolute Gasteiger partial charge is 0.00452 e. The van der Waals surface area contributed by atoms with Gasteiger partial charge in [-0.1, -0.05) is 36.4 Å². The number of aryl methyl sites for hydroxylation is 2. The maximum atomic E-state index is 6.16. The molecule has 1 unspecified atom stereocenters. The van der Waals surface area contributed by atoms with E-state index in [4.69, 9.17) is 5.73 Å². The number of hydrogen-bond donors (Lipinski definition) is 1. The van der Waals surface area contributed by atoms with Gasteiger partial charge < -0.3 is 5.73 Å². The van der Waals surface area contributed by atoms with E-state index in [1.54, 1.807) is 0 Å². The molecule has 1 heterocycles. The van der Waals surface area contributed by atoms with Crippen LogP contribution in [0.1, 0.15) is 29.7 Å². The van der Waals surface area contributed by atoms with Gasteiger partial charge in [-0.15, -0.1) is 11.3 Å². The SMILES string of the molecule is NC(CCCc1cccs1)CCc1ccccc1. The van der Waals surface area contributed by atoms with E-state index in [0.717, 1.165) is 19.3 Å². The van der Waals surface area contributed by atoms with Crippen LogP contribution in [0, 0.1) is 0 Å². The molecular formula is C16H21NS. The van der Waals surface area contributed by atoms with Gasteiger partial charge in [-0.25, -0.2) is 0 Å². The zero-order chi connectivity index (χ0) is 12.6. The minimum Gasteiger partial charge on any atom is -0.328 e. The molecular weight excluding hydrogens is 238 g/mol. The van der Waals surface area contributed by atoms with E-state index in [9.17, 15) is 0 Å². The molecule has 0 amide bonds. The second-order valence-electron chi connectivity index (χ2n) is 4.76. The van der Waals surface area contributed by atoms with Crippen molar-refractivity contribution in [3.63, 3.8) is 0 Å². The predicted molar refractivity (Wildman–Crippen MR) is 80.0 cm³/mol. The van der Waals surface area contributed by atoms with Crippen molar-refractivity contribution in [2.24, 2.45) is 5.73 Å². The molecule has 0 fully saturated rings. The summed E-state index contributed by atoms with van der Waals surface area (Å²) in [6, 6.07) is 15.3. The number of benzene rings is 1. The molecule has 18 heavy (non-hydrogen) atoms. The Kier molecular flexibility index (Phi) is 5.43. The molecule has 2 heteroatoms. The molecule has 1 aromatic carbocycles. The Morgan fingerprint density at radius 1 is 0.944 bits per heavy atom. The van der Waals surface area contributed by atoms with E-state index in [2.05, 4.69) is 47.8 Å². The first-order valence-electron chi connectivity index (χ1n) is 6.66. The van der Waals surface area contributed by atoms with Gasteiger partial charge in [0.1, 0.15) is 0 Å². The van der Waals surface area contributed by atoms with Gasteiger partial charge in [0.15, 0.2) is 0 Å². The van der Waals surface area contributed by atoms with Gasteiger partial charge in [0.25, 0.3) is 0 Å². The second-order valence-corrected chi connectivity index (χ2v) is 5.79. The quantitative estimate of drug-likeness (QED) is 0.798. The molecule has 1 nitrogen and oxygen atoms in total. The topological polar surface area (TPSA) is 26.0 Å². The monoisotopic (exact) mass is 259 g/mol. The number of hydrogen-bond acceptors (Lipinski definition) is 2. The largest absolute Gasteiger partial charge is 0.328 e. The Morgan fingerprint density at radius 3 is 2.50 bits per heavy atom. The second kappa shape index (κ2) is 7.34. The highest BCUT2D eigenvalue weighted by Crippen LogP contribution is 2.14. The summed E-state index contributed by atoms with van der Waals surface area (Å²) in [4.78, 5) is 1.48. The summed E-state index contributed by atoms with van der Waals surface area (Å²) in [5.41, 5.74) is 7.56. The van der Waals surface area contributed by atoms with E-state index in [0.29, 0.717) is 6.04 Å². The first-order chi connectivity index (χ1) is 8.84. The molecule has 1 aromatic heterocycles. The van der Waals surface area contributed by atoms with Crippen molar-refractivity contribution in [3.05, 3.63) is 58.3 Å². The van der Waals surface area contributed by atoms with Gasteiger partial charge in [0.05, 0.1) is 0 Å². The molecule has 0 saturated carbocycles. The Bertz CT molecular complexity index is 422. The third-order valence-corrected chi connectivity index (χ3v) is 4.16. The van der Waals surface area contributed by atoms with Crippen molar-refractivity contribution >= 4 is 11.3 Å². The highest BCUT2D eigenvalue weighted by molar-refractivity contribution is 7.09. The van der Waals surface area contributed by atoms with E-state index in [1.807, 2.05) is 11.3 Å². The van der Waals surface area contributed by atoms with Crippen molar-refractivity contribution < 1.29 is 0 Å². The first kappa shape index (κ1) is 13.3. The summed E-state index contributed by atoms with van der Waals surface area (Å²) in [7, 11) is 0. The molecule has 96 valence electrons. The lowest BCUT2D eigenvalue weighted by molar-refractivity contribution is 0.547. The van der Waals surface area contributed by atoms with Gasteiger partial charge in [0, 0.05) is 10.9 Å². The molecule has 1 atom stereocenters. The van der Waals surface area contributed by atoms with Crippen LogP contribution in [0.3, 0.4) is 0 Å².